The number of aromatic nitrogens is 1. The van der Waals surface area contributed by atoms with E-state index >= 15 is 0 Å². The van der Waals surface area contributed by atoms with Crippen LogP contribution in [0.1, 0.15) is 10.4 Å². The van der Waals surface area contributed by atoms with E-state index < -0.39 is 5.97 Å². The first-order valence-electron chi connectivity index (χ1n) is 5.53. The third kappa shape index (κ3) is 2.28. The van der Waals surface area contributed by atoms with E-state index in [2.05, 4.69) is 4.98 Å². The molecule has 1 aliphatic heterocycles. The number of aromatic amines is 1. The van der Waals surface area contributed by atoms with Gasteiger partial charge in [0.2, 0.25) is 12.4 Å². The number of hydrogen-bond donors (Lipinski definition) is 1. The Kier molecular flexibility index (Phi) is 2.68. The van der Waals surface area contributed by atoms with Crippen molar-refractivity contribution in [1.82, 2.24) is 4.98 Å². The Labute approximate surface area is 107 Å². The third-order valence-electron chi connectivity index (χ3n) is 2.57. The highest BCUT2D eigenvalue weighted by Crippen LogP contribution is 2.35. The van der Waals surface area contributed by atoms with Gasteiger partial charge in [-0.2, -0.15) is 0 Å². The molecule has 2 aromatic rings. The molecule has 1 aromatic carbocycles. The molecule has 0 saturated carbocycles. The zero-order chi connectivity index (χ0) is 13.2. The summed E-state index contributed by atoms with van der Waals surface area (Å²) in [5.74, 6) is 0.936. The van der Waals surface area contributed by atoms with E-state index in [1.54, 1.807) is 18.2 Å². The lowest BCUT2D eigenvalue weighted by Gasteiger charge is -2.04. The van der Waals surface area contributed by atoms with Crippen molar-refractivity contribution in [1.29, 1.82) is 0 Å². The third-order valence-corrected chi connectivity index (χ3v) is 2.57. The number of nitrogens with one attached hydrogen (secondary N) is 1. The van der Waals surface area contributed by atoms with E-state index in [-0.39, 0.29) is 17.9 Å². The van der Waals surface area contributed by atoms with Crippen LogP contribution < -0.4 is 19.8 Å². The number of benzene rings is 1. The molecular formula is C13H9NO5. The molecule has 0 radical (unpaired) electrons. The number of carbonyl (C=O) groups is 1. The Morgan fingerprint density at radius 1 is 1.16 bits per heavy atom. The molecule has 0 saturated heterocycles. The maximum absolute atomic E-state index is 11.8. The number of fused-ring (bicyclic) bond motifs is 1. The van der Waals surface area contributed by atoms with Gasteiger partial charge in [0, 0.05) is 18.3 Å². The van der Waals surface area contributed by atoms with Gasteiger partial charge in [0.1, 0.15) is 5.75 Å². The van der Waals surface area contributed by atoms with E-state index in [1.165, 1.54) is 18.3 Å². The minimum atomic E-state index is -0.560. The maximum atomic E-state index is 11.8. The van der Waals surface area contributed by atoms with E-state index in [1.807, 2.05) is 0 Å². The lowest BCUT2D eigenvalue weighted by Crippen LogP contribution is -2.12. The molecular weight excluding hydrogens is 250 g/mol. The van der Waals surface area contributed by atoms with Crippen LogP contribution >= 0.6 is 0 Å². The smallest absolute Gasteiger partial charge is 0.345 e. The first kappa shape index (κ1) is 11.3. The van der Waals surface area contributed by atoms with Crippen LogP contribution in [0.3, 0.4) is 0 Å². The van der Waals surface area contributed by atoms with Gasteiger partial charge in [-0.05, 0) is 18.2 Å². The van der Waals surface area contributed by atoms with Crippen molar-refractivity contribution in [3.63, 3.8) is 0 Å². The molecule has 0 aliphatic carbocycles. The van der Waals surface area contributed by atoms with Gasteiger partial charge in [-0.25, -0.2) is 4.79 Å². The molecule has 0 unspecified atom stereocenters. The SMILES string of the molecule is O=C(Oc1ccc2c(c1)OCO2)c1ccc(=O)[nH]c1. The minimum absolute atomic E-state index is 0.159. The van der Waals surface area contributed by atoms with Crippen LogP contribution in [0.2, 0.25) is 0 Å². The molecule has 1 aromatic heterocycles. The normalized spacial score (nSPS) is 12.2. The van der Waals surface area contributed by atoms with Crippen molar-refractivity contribution < 1.29 is 19.0 Å². The van der Waals surface area contributed by atoms with E-state index in [0.717, 1.165) is 0 Å². The Bertz CT molecular complexity index is 671. The monoisotopic (exact) mass is 259 g/mol. The second-order valence-electron chi connectivity index (χ2n) is 3.85. The van der Waals surface area contributed by atoms with Crippen molar-refractivity contribution in [3.8, 4) is 17.2 Å². The maximum Gasteiger partial charge on any atom is 0.345 e. The lowest BCUT2D eigenvalue weighted by molar-refractivity contribution is 0.0734. The molecule has 3 rings (SSSR count). The summed E-state index contributed by atoms with van der Waals surface area (Å²) in [4.78, 5) is 25.1. The molecule has 96 valence electrons. The molecule has 6 heteroatoms. The number of ether oxygens (including phenoxy) is 3. The largest absolute Gasteiger partial charge is 0.454 e. The van der Waals surface area contributed by atoms with Crippen LogP contribution in [-0.4, -0.2) is 17.7 Å². The molecule has 6 nitrogen and oxygen atoms in total. The number of carbonyl (C=O) groups excluding carboxylic acids is 1. The summed E-state index contributed by atoms with van der Waals surface area (Å²) in [6.07, 6.45) is 1.30. The Morgan fingerprint density at radius 2 is 2.00 bits per heavy atom. The predicted molar refractivity (Wildman–Crippen MR) is 64.6 cm³/mol. The summed E-state index contributed by atoms with van der Waals surface area (Å²) in [5, 5.41) is 0. The summed E-state index contributed by atoms with van der Waals surface area (Å²) in [6, 6.07) is 7.51. The zero-order valence-electron chi connectivity index (χ0n) is 9.71. The van der Waals surface area contributed by atoms with Gasteiger partial charge in [-0.3, -0.25) is 4.79 Å². The molecule has 0 amide bonds. The average molecular weight is 259 g/mol. The van der Waals surface area contributed by atoms with Gasteiger partial charge in [-0.1, -0.05) is 0 Å². The summed E-state index contributed by atoms with van der Waals surface area (Å²) in [7, 11) is 0. The highest BCUT2D eigenvalue weighted by Gasteiger charge is 2.15. The molecule has 2 heterocycles. The molecule has 0 bridgehead atoms. The lowest BCUT2D eigenvalue weighted by atomic mass is 10.3. The fraction of sp³-hybridized carbons (Fsp3) is 0.0769. The second-order valence-corrected chi connectivity index (χ2v) is 3.85. The number of pyridine rings is 1. The fourth-order valence-electron chi connectivity index (χ4n) is 1.64. The average Bonchev–Trinajstić information content (AvgIpc) is 2.87. The van der Waals surface area contributed by atoms with Crippen LogP contribution in [-0.2, 0) is 0 Å². The van der Waals surface area contributed by atoms with Crippen molar-refractivity contribution in [2.24, 2.45) is 0 Å². The van der Waals surface area contributed by atoms with Gasteiger partial charge in [0.05, 0.1) is 5.56 Å². The van der Waals surface area contributed by atoms with Crippen LogP contribution in [0, 0.1) is 0 Å². The van der Waals surface area contributed by atoms with Crippen molar-refractivity contribution in [3.05, 3.63) is 52.4 Å². The van der Waals surface area contributed by atoms with Crippen LogP contribution in [0.25, 0.3) is 0 Å². The molecule has 1 aliphatic rings. The van der Waals surface area contributed by atoms with Gasteiger partial charge in [0.15, 0.2) is 11.5 Å². The Balaban J connectivity index is 1.79. The van der Waals surface area contributed by atoms with E-state index in [9.17, 15) is 9.59 Å². The highest BCUT2D eigenvalue weighted by atomic mass is 16.7. The highest BCUT2D eigenvalue weighted by molar-refractivity contribution is 5.90. The van der Waals surface area contributed by atoms with Crippen molar-refractivity contribution >= 4 is 5.97 Å². The zero-order valence-corrected chi connectivity index (χ0v) is 9.71. The fourth-order valence-corrected chi connectivity index (χ4v) is 1.64. The number of esters is 1. The van der Waals surface area contributed by atoms with Crippen molar-refractivity contribution in [2.75, 3.05) is 6.79 Å². The number of H-pyrrole nitrogens is 1. The summed E-state index contributed by atoms with van der Waals surface area (Å²) >= 11 is 0. The van der Waals surface area contributed by atoms with Crippen molar-refractivity contribution in [2.45, 2.75) is 0 Å². The first-order chi connectivity index (χ1) is 9.22. The molecule has 0 fully saturated rings. The van der Waals surface area contributed by atoms with Gasteiger partial charge < -0.3 is 19.2 Å². The summed E-state index contributed by atoms with van der Waals surface area (Å²) < 4.78 is 15.5. The quantitative estimate of drug-likeness (QED) is 0.650. The molecule has 19 heavy (non-hydrogen) atoms. The van der Waals surface area contributed by atoms with Crippen LogP contribution in [0.15, 0.2) is 41.3 Å². The van der Waals surface area contributed by atoms with Crippen LogP contribution in [0.4, 0.5) is 0 Å². The molecule has 0 atom stereocenters. The first-order valence-corrected chi connectivity index (χ1v) is 5.53. The molecule has 0 spiro atoms. The minimum Gasteiger partial charge on any atom is -0.454 e. The Morgan fingerprint density at radius 3 is 2.79 bits per heavy atom. The summed E-state index contributed by atoms with van der Waals surface area (Å²) in [6.45, 7) is 0.159. The second kappa shape index (κ2) is 4.49. The summed E-state index contributed by atoms with van der Waals surface area (Å²) in [5.41, 5.74) is -0.0168. The van der Waals surface area contributed by atoms with Gasteiger partial charge >= 0.3 is 5.97 Å². The van der Waals surface area contributed by atoms with Crippen LogP contribution in [0.5, 0.6) is 17.2 Å². The van der Waals surface area contributed by atoms with E-state index in [0.29, 0.717) is 17.2 Å². The standard InChI is InChI=1S/C13H9NO5/c15-12-4-1-8(6-14-12)13(16)19-9-2-3-10-11(5-9)18-7-17-10/h1-6H,7H2,(H,14,15). The Hall–Kier alpha value is -2.76. The number of rotatable bonds is 2. The van der Waals surface area contributed by atoms with Gasteiger partial charge in [0.25, 0.3) is 0 Å². The number of hydrogen-bond acceptors (Lipinski definition) is 5. The predicted octanol–water partition coefficient (Wildman–Crippen LogP) is 1.32. The topological polar surface area (TPSA) is 77.6 Å². The molecule has 1 N–H and O–H groups in total. The van der Waals surface area contributed by atoms with E-state index in [4.69, 9.17) is 14.2 Å². The van der Waals surface area contributed by atoms with Gasteiger partial charge in [-0.15, -0.1) is 0 Å².